The second-order valence-corrected chi connectivity index (χ2v) is 46.9. The van der Waals surface area contributed by atoms with E-state index in [0.717, 1.165) is 206 Å². The monoisotopic (exact) mass is 2080 g/mol. The molecule has 4 saturated heterocycles. The highest BCUT2D eigenvalue weighted by Gasteiger charge is 2.36. The topological polar surface area (TPSA) is 237 Å². The molecule has 0 spiro atoms. The number of thiophene rings is 6. The molecule has 4 fully saturated rings. The number of piperidine rings is 1. The number of aryl methyl sites for hydroxylation is 5. The normalized spacial score (nSPS) is 18.0. The maximum atomic E-state index is 8.38. The lowest BCUT2D eigenvalue weighted by Gasteiger charge is -2.36. The van der Waals surface area contributed by atoms with Crippen molar-refractivity contribution in [3.8, 4) is 0 Å². The number of nitrogens with zero attached hydrogens (tertiary/aromatic N) is 11. The summed E-state index contributed by atoms with van der Waals surface area (Å²) < 4.78 is 0. The molecule has 16 heterocycles. The molecule has 22 rings (SSSR count). The number of fused-ring (bicyclic) bond motifs is 6. The van der Waals surface area contributed by atoms with Gasteiger partial charge in [-0.2, -0.15) is 0 Å². The summed E-state index contributed by atoms with van der Waals surface area (Å²) in [6.45, 7) is 31.7. The Labute approximate surface area is 898 Å². The number of hydrogen-bond acceptors (Lipinski definition) is 24. The summed E-state index contributed by atoms with van der Waals surface area (Å²) in [7, 11) is 8.48. The van der Waals surface area contributed by atoms with Crippen molar-refractivity contribution in [3.63, 3.8) is 0 Å². The summed E-state index contributed by atoms with van der Waals surface area (Å²) in [6.07, 6.45) is 27.5. The number of likely N-dealkylation sites (N-methyl/N-ethyl adjacent to an activating group) is 2. The van der Waals surface area contributed by atoms with Crippen LogP contribution in [0, 0.1) is 27.6 Å². The molecule has 20 nitrogen and oxygen atoms in total. The first-order chi connectivity index (χ1) is 71.8. The minimum absolute atomic E-state index is 0.377. The minimum atomic E-state index is 0.377. The van der Waals surface area contributed by atoms with E-state index >= 15 is 0 Å². The van der Waals surface area contributed by atoms with Gasteiger partial charge in [0.2, 0.25) is 0 Å². The van der Waals surface area contributed by atoms with Crippen LogP contribution in [-0.4, -0.2) is 219 Å². The Balaban J connectivity index is 0.000000121. The number of hydrogen-bond donors (Lipinski definition) is 9. The van der Waals surface area contributed by atoms with Gasteiger partial charge in [-0.1, -0.05) is 98.1 Å². The van der Waals surface area contributed by atoms with Crippen molar-refractivity contribution < 1.29 is 0 Å². The molecule has 0 amide bonds. The fourth-order valence-electron chi connectivity index (χ4n) is 22.4. The van der Waals surface area contributed by atoms with Gasteiger partial charge in [-0.05, 0) is 393 Å². The van der Waals surface area contributed by atoms with Gasteiger partial charge in [0.25, 0.3) is 0 Å². The van der Waals surface area contributed by atoms with Crippen LogP contribution in [0.15, 0.2) is 249 Å². The van der Waals surface area contributed by atoms with Crippen molar-refractivity contribution in [3.05, 3.63) is 324 Å². The van der Waals surface area contributed by atoms with Crippen molar-refractivity contribution in [2.45, 2.75) is 166 Å². The number of amidine groups is 2. The number of benzene rings is 6. The molecular formula is C121H154N20S6. The molecule has 147 heavy (non-hydrogen) atoms. The van der Waals surface area contributed by atoms with E-state index in [1.54, 1.807) is 68.0 Å². The Bertz CT molecular complexity index is 6310. The fourth-order valence-corrected chi connectivity index (χ4v) is 26.3. The summed E-state index contributed by atoms with van der Waals surface area (Å²) in [4.78, 5) is 38.1. The molecule has 26 heteroatoms. The lowest BCUT2D eigenvalue weighted by Crippen LogP contribution is -2.40. The fraction of sp³-hybridized carbons (Fsp3) is 0.421. The minimum Gasteiger partial charge on any atom is -0.383 e. The number of anilines is 6. The average Bonchev–Trinajstić information content (AvgIpc) is 1.64. The van der Waals surface area contributed by atoms with Crippen LogP contribution in [0.5, 0.6) is 0 Å². The number of nitrogens with one attached hydrogen (secondary N) is 7. The van der Waals surface area contributed by atoms with E-state index in [-0.39, 0.29) is 0 Å². The van der Waals surface area contributed by atoms with Crippen molar-refractivity contribution in [1.29, 1.82) is 21.6 Å². The van der Waals surface area contributed by atoms with Gasteiger partial charge in [0, 0.05) is 188 Å². The Morgan fingerprint density at radius 3 is 1.29 bits per heavy atom. The van der Waals surface area contributed by atoms with E-state index in [4.69, 9.17) is 33.1 Å². The molecule has 10 aliphatic heterocycles. The molecule has 12 aromatic rings. The number of rotatable bonds is 30. The van der Waals surface area contributed by atoms with Crippen LogP contribution in [0.2, 0.25) is 0 Å². The molecule has 0 saturated carbocycles. The maximum absolute atomic E-state index is 8.38. The molecule has 774 valence electrons. The van der Waals surface area contributed by atoms with Crippen molar-refractivity contribution in [2.75, 3.05) is 189 Å². The predicted octanol–water partition coefficient (Wildman–Crippen LogP) is 24.2. The predicted molar refractivity (Wildman–Crippen MR) is 634 cm³/mol. The van der Waals surface area contributed by atoms with Crippen LogP contribution in [-0.2, 0) is 57.8 Å². The maximum Gasteiger partial charge on any atom is 0.141 e. The van der Waals surface area contributed by atoms with E-state index in [0.29, 0.717) is 41.7 Å². The van der Waals surface area contributed by atoms with Crippen LogP contribution < -0.4 is 51.9 Å². The van der Waals surface area contributed by atoms with E-state index in [1.165, 1.54) is 231 Å². The average molecular weight is 2080 g/mol. The van der Waals surface area contributed by atoms with Gasteiger partial charge in [-0.25, -0.2) is 9.98 Å². The van der Waals surface area contributed by atoms with Gasteiger partial charge in [-0.3, -0.25) is 0 Å². The van der Waals surface area contributed by atoms with Gasteiger partial charge in [-0.15, -0.1) is 68.0 Å². The van der Waals surface area contributed by atoms with Gasteiger partial charge in [0.05, 0.1) is 44.0 Å². The van der Waals surface area contributed by atoms with Gasteiger partial charge in [0.1, 0.15) is 11.7 Å². The Kier molecular flexibility index (Phi) is 39.5. The highest BCUT2D eigenvalue weighted by molar-refractivity contribution is 7.13. The number of allylic oxidation sites excluding steroid dienone is 2. The smallest absolute Gasteiger partial charge is 0.141 e. The molecular weight excluding hydrogens is 1930 g/mol. The number of nitrogens with two attached hydrogens (primary N) is 2. The standard InChI is InChI=1S/C23H29N3S.C22H29N3S.C20H24N4S.C20H27N3S.C18H22N4S.C18H23N3S/c1-18-6-4-7-20-16-19(17-21(24)23-8-5-15-27-23)9-10-22(20)26(18)14-13-25-11-2-3-12-25;23-20(22-7-5-15-26-22)17-18-8-9-21-19(16-18)6-1-2-12-25(21)14-13-24-10-3-4-11-24;1-13-19(14-7-9-24(2)10-8-14)16-12-15(5-6-17(16)22-13)23-20(21)18-4-3-11-25-18;1-22(2)11-12-23-10-4-3-6-17-14-16(8-9-19(17)23)15-18(21)20-7-5-13-24-20;19-18(17-4-2-10-23-17)21-14-5-6-16-13(11-14)3-1-9-22(16)15-7-8-20-12-15;1-20-8-10-21-9-2-4-15-12-14(6-7-17(15)21)13-16(19)18-5-3-11-22-18/h5,8-10,15-16,24H,1-4,6-7,11-14,17H2;5,7-9,15-16,23H,1-4,6,10-14,17H2;3-6,11-12,14,19,22H,1,7-10H2,2H3,(H2,21,23);5,7-9,13-14,21H,3-4,6,10-12,15H2,1-2H3;2,4-6,10-11,15,20H,1,3,7-9,12H2,(H2,19,21);3,5-7,11-12,19-20H,2,4,8-10,13H2,1H3. The molecule has 0 bridgehead atoms. The highest BCUT2D eigenvalue weighted by Crippen LogP contribution is 2.48. The molecule has 0 aliphatic carbocycles. The molecule has 6 aromatic heterocycles. The van der Waals surface area contributed by atoms with Gasteiger partial charge >= 0.3 is 0 Å². The molecule has 2 unspecified atom stereocenters. The quantitative estimate of drug-likeness (QED) is 0.0150. The van der Waals surface area contributed by atoms with Crippen LogP contribution >= 0.6 is 68.0 Å². The first-order valence-corrected chi connectivity index (χ1v) is 59.1. The summed E-state index contributed by atoms with van der Waals surface area (Å²) in [5, 5.41) is 55.7. The summed E-state index contributed by atoms with van der Waals surface area (Å²) in [6, 6.07) is 65.1. The SMILES string of the molecule is C=C1CCCc2cc(CC(=N)c3cccs3)ccc2N1CCN1CCCC1.C=C1Nc2ccc(N=C(N)c3cccs3)cc2C1C1CCN(C)CC1.CN(C)CCN1CCCCc2cc(CC(=N)c3cccs3)ccc21.CNCCN1CCCc2cc(CC(=N)c3cccs3)ccc21.N=C(Cc1ccc2c(c1)CCCCN2CCN1CCCC1)c1cccs1.NC(=Nc1ccc2c(c1)CCCN2C1CCNC1)c1cccs1. The summed E-state index contributed by atoms with van der Waals surface area (Å²) in [5.74, 6) is 2.20. The second-order valence-electron chi connectivity index (χ2n) is 41.2. The summed E-state index contributed by atoms with van der Waals surface area (Å²) in [5.41, 5.74) is 41.1. The zero-order valence-electron chi connectivity index (χ0n) is 87.1. The van der Waals surface area contributed by atoms with E-state index in [1.807, 2.05) is 107 Å². The van der Waals surface area contributed by atoms with Gasteiger partial charge in [0.15, 0.2) is 0 Å². The van der Waals surface area contributed by atoms with Crippen molar-refractivity contribution >= 4 is 148 Å². The third-order valence-corrected chi connectivity index (χ3v) is 35.8. The zero-order chi connectivity index (χ0) is 102. The lowest BCUT2D eigenvalue weighted by molar-refractivity contribution is 0.208. The Morgan fingerprint density at radius 1 is 0.415 bits per heavy atom. The number of likely N-dealkylation sites (tertiary alicyclic amines) is 3. The van der Waals surface area contributed by atoms with Gasteiger partial charge < -0.3 is 93.2 Å². The van der Waals surface area contributed by atoms with E-state index < -0.39 is 0 Å². The second kappa shape index (κ2) is 54.1. The highest BCUT2D eigenvalue weighted by atomic mass is 32.1. The molecule has 10 aliphatic rings. The zero-order valence-corrected chi connectivity index (χ0v) is 92.0. The van der Waals surface area contributed by atoms with Crippen molar-refractivity contribution in [1.82, 2.24) is 30.2 Å². The third-order valence-electron chi connectivity index (χ3n) is 30.3. The van der Waals surface area contributed by atoms with E-state index in [9.17, 15) is 0 Å². The molecule has 2 atom stereocenters. The van der Waals surface area contributed by atoms with Crippen LogP contribution in [0.4, 0.5) is 45.5 Å². The first-order valence-electron chi connectivity index (χ1n) is 53.8. The number of aliphatic imine (C=N–C) groups is 2. The Morgan fingerprint density at radius 2 is 0.823 bits per heavy atom. The Hall–Kier alpha value is -10.8. The third kappa shape index (κ3) is 29.9. The molecule has 0 radical (unpaired) electrons. The van der Waals surface area contributed by atoms with Crippen LogP contribution in [0.1, 0.15) is 187 Å². The van der Waals surface area contributed by atoms with Crippen LogP contribution in [0.25, 0.3) is 0 Å². The molecule has 11 N–H and O–H groups in total. The van der Waals surface area contributed by atoms with E-state index in [2.05, 4.69) is 219 Å². The first kappa shape index (κ1) is 107. The molecule has 6 aromatic carbocycles. The summed E-state index contributed by atoms with van der Waals surface area (Å²) >= 11 is 9.86. The largest absolute Gasteiger partial charge is 0.383 e. The van der Waals surface area contributed by atoms with Crippen LogP contribution in [0.3, 0.4) is 0 Å². The van der Waals surface area contributed by atoms with Crippen molar-refractivity contribution in [2.24, 2.45) is 27.4 Å². The lowest BCUT2D eigenvalue weighted by atomic mass is 9.80.